The topological polar surface area (TPSA) is 58.9 Å². The maximum atomic E-state index is 11.1. The molecule has 1 aliphatic carbocycles. The third-order valence-corrected chi connectivity index (χ3v) is 7.91. The van der Waals surface area contributed by atoms with Gasteiger partial charge in [-0.2, -0.15) is 0 Å². The van der Waals surface area contributed by atoms with Gasteiger partial charge >= 0.3 is 0 Å². The lowest BCUT2D eigenvalue weighted by Gasteiger charge is -2.51. The summed E-state index contributed by atoms with van der Waals surface area (Å²) >= 11 is 6.68. The molecule has 2 aromatic rings. The summed E-state index contributed by atoms with van der Waals surface area (Å²) in [6.45, 7) is 2.44. The standard InChI is InChI=1S/C26H31ClO4/c1-2-16-6-8-17(9-7-16)12-20-21-15-30-26(22(21)10-11-23(20)27)25(18-4-3-5-18)24(29)13-19(14-28)31-26/h6-11,18-19,24-25,28-29H,2-5,12-15H2,1H3. The predicted molar refractivity (Wildman–Crippen MR) is 120 cm³/mol. The van der Waals surface area contributed by atoms with Crippen molar-refractivity contribution in [2.24, 2.45) is 11.8 Å². The van der Waals surface area contributed by atoms with Crippen molar-refractivity contribution in [2.45, 2.75) is 70.1 Å². The summed E-state index contributed by atoms with van der Waals surface area (Å²) < 4.78 is 12.9. The monoisotopic (exact) mass is 442 g/mol. The molecule has 5 heteroatoms. The molecule has 2 aromatic carbocycles. The molecule has 0 aromatic heterocycles. The van der Waals surface area contributed by atoms with Crippen LogP contribution < -0.4 is 0 Å². The predicted octanol–water partition coefficient (Wildman–Crippen LogP) is 4.73. The molecule has 1 spiro atoms. The van der Waals surface area contributed by atoms with E-state index in [1.807, 2.05) is 12.1 Å². The smallest absolute Gasteiger partial charge is 0.201 e. The number of ether oxygens (including phenoxy) is 2. The van der Waals surface area contributed by atoms with Crippen LogP contribution in [0.25, 0.3) is 0 Å². The van der Waals surface area contributed by atoms with Crippen molar-refractivity contribution in [2.75, 3.05) is 6.61 Å². The first-order valence-electron chi connectivity index (χ1n) is 11.5. The molecule has 4 unspecified atom stereocenters. The van der Waals surface area contributed by atoms with Crippen LogP contribution in [-0.4, -0.2) is 29.0 Å². The lowest BCUT2D eigenvalue weighted by Crippen LogP contribution is -2.56. The minimum absolute atomic E-state index is 0.122. The molecule has 5 rings (SSSR count). The highest BCUT2D eigenvalue weighted by Gasteiger charge is 2.58. The van der Waals surface area contributed by atoms with Crippen molar-refractivity contribution >= 4 is 11.6 Å². The Morgan fingerprint density at radius 2 is 1.84 bits per heavy atom. The molecule has 0 bridgehead atoms. The van der Waals surface area contributed by atoms with Crippen LogP contribution in [0.2, 0.25) is 5.02 Å². The number of hydrogen-bond acceptors (Lipinski definition) is 4. The molecule has 0 radical (unpaired) electrons. The zero-order chi connectivity index (χ0) is 21.6. The largest absolute Gasteiger partial charge is 0.394 e. The fourth-order valence-corrected chi connectivity index (χ4v) is 5.90. The molecule has 1 saturated carbocycles. The van der Waals surface area contributed by atoms with Crippen molar-refractivity contribution in [3.05, 3.63) is 69.2 Å². The van der Waals surface area contributed by atoms with Gasteiger partial charge in [0, 0.05) is 22.9 Å². The van der Waals surface area contributed by atoms with E-state index in [0.717, 1.165) is 47.4 Å². The number of rotatable bonds is 5. The van der Waals surface area contributed by atoms with E-state index in [0.29, 0.717) is 18.9 Å². The fraction of sp³-hybridized carbons (Fsp3) is 0.538. The molecule has 3 aliphatic rings. The highest BCUT2D eigenvalue weighted by molar-refractivity contribution is 6.31. The molecule has 31 heavy (non-hydrogen) atoms. The minimum atomic E-state index is -1.00. The Morgan fingerprint density at radius 3 is 2.48 bits per heavy atom. The first kappa shape index (κ1) is 21.4. The molecular weight excluding hydrogens is 412 g/mol. The van der Waals surface area contributed by atoms with E-state index in [9.17, 15) is 10.2 Å². The molecule has 2 aliphatic heterocycles. The molecule has 1 saturated heterocycles. The quantitative estimate of drug-likeness (QED) is 0.702. The van der Waals surface area contributed by atoms with E-state index in [-0.39, 0.29) is 12.5 Å². The van der Waals surface area contributed by atoms with Gasteiger partial charge in [-0.15, -0.1) is 0 Å². The lowest BCUT2D eigenvalue weighted by molar-refractivity contribution is -0.346. The Bertz CT molecular complexity index is 939. The maximum Gasteiger partial charge on any atom is 0.201 e. The van der Waals surface area contributed by atoms with Crippen molar-refractivity contribution in [3.8, 4) is 0 Å². The van der Waals surface area contributed by atoms with Gasteiger partial charge in [-0.25, -0.2) is 0 Å². The van der Waals surface area contributed by atoms with Crippen LogP contribution in [-0.2, 0) is 34.7 Å². The molecule has 2 heterocycles. The number of aliphatic hydroxyl groups excluding tert-OH is 2. The Morgan fingerprint density at radius 1 is 1.10 bits per heavy atom. The maximum absolute atomic E-state index is 11.1. The summed E-state index contributed by atoms with van der Waals surface area (Å²) in [4.78, 5) is 0. The van der Waals surface area contributed by atoms with Gasteiger partial charge in [0.05, 0.1) is 25.4 Å². The number of benzene rings is 2. The van der Waals surface area contributed by atoms with Gasteiger partial charge in [0.2, 0.25) is 5.79 Å². The van der Waals surface area contributed by atoms with Crippen LogP contribution >= 0.6 is 11.6 Å². The second-order valence-corrected chi connectivity index (χ2v) is 9.70. The Labute approximate surface area is 189 Å². The number of aryl methyl sites for hydroxylation is 1. The average molecular weight is 443 g/mol. The van der Waals surface area contributed by atoms with Crippen LogP contribution in [0.4, 0.5) is 0 Å². The van der Waals surface area contributed by atoms with Gasteiger partial charge in [0.1, 0.15) is 0 Å². The zero-order valence-corrected chi connectivity index (χ0v) is 18.8. The number of hydrogen-bond donors (Lipinski definition) is 2. The van der Waals surface area contributed by atoms with Crippen LogP contribution in [0.5, 0.6) is 0 Å². The molecule has 4 atom stereocenters. The van der Waals surface area contributed by atoms with E-state index in [2.05, 4.69) is 31.2 Å². The van der Waals surface area contributed by atoms with Crippen molar-refractivity contribution < 1.29 is 19.7 Å². The van der Waals surface area contributed by atoms with Crippen molar-refractivity contribution in [1.82, 2.24) is 0 Å². The average Bonchev–Trinajstić information content (AvgIpc) is 3.10. The first-order valence-corrected chi connectivity index (χ1v) is 11.9. The van der Waals surface area contributed by atoms with Crippen molar-refractivity contribution in [3.63, 3.8) is 0 Å². The summed E-state index contributed by atoms with van der Waals surface area (Å²) in [5.74, 6) is -0.749. The highest BCUT2D eigenvalue weighted by Crippen LogP contribution is 2.56. The van der Waals surface area contributed by atoms with E-state index in [1.165, 1.54) is 17.5 Å². The van der Waals surface area contributed by atoms with Gasteiger partial charge in [-0.3, -0.25) is 0 Å². The second-order valence-electron chi connectivity index (χ2n) is 9.30. The normalized spacial score (nSPS) is 30.4. The van der Waals surface area contributed by atoms with Crippen LogP contribution in [0, 0.1) is 11.8 Å². The minimum Gasteiger partial charge on any atom is -0.394 e. The first-order chi connectivity index (χ1) is 15.1. The molecule has 2 N–H and O–H groups in total. The van der Waals surface area contributed by atoms with Crippen LogP contribution in [0.15, 0.2) is 36.4 Å². The molecule has 2 fully saturated rings. The summed E-state index contributed by atoms with van der Waals surface area (Å²) in [7, 11) is 0. The summed E-state index contributed by atoms with van der Waals surface area (Å²) in [6, 6.07) is 12.6. The number of halogens is 1. The van der Waals surface area contributed by atoms with Gasteiger partial charge < -0.3 is 19.7 Å². The number of fused-ring (bicyclic) bond motifs is 2. The van der Waals surface area contributed by atoms with Gasteiger partial charge in [0.15, 0.2) is 0 Å². The third-order valence-electron chi connectivity index (χ3n) is 7.55. The third kappa shape index (κ3) is 3.63. The van der Waals surface area contributed by atoms with Crippen molar-refractivity contribution in [1.29, 1.82) is 0 Å². The van der Waals surface area contributed by atoms with E-state index < -0.39 is 18.0 Å². The Kier molecular flexibility index (Phi) is 5.87. The molecule has 4 nitrogen and oxygen atoms in total. The number of aliphatic hydroxyl groups is 2. The molecule has 0 amide bonds. The van der Waals surface area contributed by atoms with Gasteiger partial charge in [-0.1, -0.05) is 55.3 Å². The van der Waals surface area contributed by atoms with E-state index >= 15 is 0 Å². The SMILES string of the molecule is CCc1ccc(Cc2c(Cl)ccc3c2COC32OC(CO)CC(O)C2C2CCC2)cc1. The highest BCUT2D eigenvalue weighted by atomic mass is 35.5. The Balaban J connectivity index is 1.55. The molecule has 166 valence electrons. The van der Waals surface area contributed by atoms with Crippen LogP contribution in [0.1, 0.15) is 60.4 Å². The Hall–Kier alpha value is -1.43. The van der Waals surface area contributed by atoms with Gasteiger partial charge in [0.25, 0.3) is 0 Å². The van der Waals surface area contributed by atoms with Gasteiger partial charge in [-0.05, 0) is 59.9 Å². The molecular formula is C26H31ClO4. The second kappa shape index (κ2) is 8.49. The van der Waals surface area contributed by atoms with Crippen LogP contribution in [0.3, 0.4) is 0 Å². The summed E-state index contributed by atoms with van der Waals surface area (Å²) in [5.41, 5.74) is 5.64. The van der Waals surface area contributed by atoms with E-state index in [4.69, 9.17) is 21.1 Å². The zero-order valence-electron chi connectivity index (χ0n) is 18.0. The summed E-state index contributed by atoms with van der Waals surface area (Å²) in [5, 5.41) is 21.6. The lowest BCUT2D eigenvalue weighted by atomic mass is 9.66. The van der Waals surface area contributed by atoms with E-state index in [1.54, 1.807) is 0 Å². The fourth-order valence-electron chi connectivity index (χ4n) is 5.65. The summed E-state index contributed by atoms with van der Waals surface area (Å²) in [6.07, 6.45) is 4.56.